The Balaban J connectivity index is 2.76. The summed E-state index contributed by atoms with van der Waals surface area (Å²) in [5.74, 6) is -0.303. The van der Waals surface area contributed by atoms with Gasteiger partial charge in [-0.05, 0) is 20.8 Å². The summed E-state index contributed by atoms with van der Waals surface area (Å²) < 4.78 is 0. The summed E-state index contributed by atoms with van der Waals surface area (Å²) in [4.78, 5) is 11.0. The van der Waals surface area contributed by atoms with Crippen molar-refractivity contribution in [1.29, 1.82) is 0 Å². The third kappa shape index (κ3) is 1.57. The molecule has 1 heterocycles. The molecule has 1 aliphatic heterocycles. The van der Waals surface area contributed by atoms with Gasteiger partial charge in [-0.25, -0.2) is 0 Å². The number of nitrogens with zero attached hydrogens (tertiary/aromatic N) is 2. The molecule has 0 aromatic heterocycles. The molecule has 1 aliphatic rings. The van der Waals surface area contributed by atoms with E-state index in [4.69, 9.17) is 5.73 Å². The van der Waals surface area contributed by atoms with Gasteiger partial charge >= 0.3 is 0 Å². The number of primary amides is 1. The van der Waals surface area contributed by atoms with Crippen molar-refractivity contribution >= 4 is 12.1 Å². The maximum absolute atomic E-state index is 11.0. The number of hydrazone groups is 1. The van der Waals surface area contributed by atoms with Crippen LogP contribution in [0.3, 0.4) is 0 Å². The van der Waals surface area contributed by atoms with Crippen LogP contribution in [0.4, 0.5) is 0 Å². The van der Waals surface area contributed by atoms with Crippen molar-refractivity contribution < 1.29 is 4.79 Å². The molecule has 0 bridgehead atoms. The summed E-state index contributed by atoms with van der Waals surface area (Å²) in [6, 6.07) is -0.259. The predicted octanol–water partition coefficient (Wildman–Crippen LogP) is 0.330. The molecule has 1 unspecified atom stereocenters. The summed E-state index contributed by atoms with van der Waals surface area (Å²) in [6.45, 7) is 6.02. The fraction of sp³-hybridized carbons (Fsp3) is 0.750. The molecule has 0 fully saturated rings. The molecule has 1 atom stereocenters. The fourth-order valence-corrected chi connectivity index (χ4v) is 1.29. The van der Waals surface area contributed by atoms with Gasteiger partial charge in [0.1, 0.15) is 6.04 Å². The van der Waals surface area contributed by atoms with Crippen LogP contribution in [-0.2, 0) is 4.79 Å². The van der Waals surface area contributed by atoms with Gasteiger partial charge in [-0.3, -0.25) is 9.80 Å². The molecule has 0 aromatic rings. The average Bonchev–Trinajstić information content (AvgIpc) is 2.30. The first-order valence-electron chi connectivity index (χ1n) is 4.04. The normalized spacial score (nSPS) is 23.2. The quantitative estimate of drug-likeness (QED) is 0.615. The maximum atomic E-state index is 11.0. The lowest BCUT2D eigenvalue weighted by molar-refractivity contribution is -0.124. The van der Waals surface area contributed by atoms with Gasteiger partial charge < -0.3 is 5.73 Å². The van der Waals surface area contributed by atoms with Crippen molar-refractivity contribution in [2.24, 2.45) is 10.8 Å². The smallest absolute Gasteiger partial charge is 0.242 e. The van der Waals surface area contributed by atoms with E-state index in [0.717, 1.165) is 0 Å². The third-order valence-corrected chi connectivity index (χ3v) is 1.85. The number of carbonyl (C=O) groups is 1. The van der Waals surface area contributed by atoms with E-state index in [1.54, 1.807) is 11.2 Å². The largest absolute Gasteiger partial charge is 0.368 e. The highest BCUT2D eigenvalue weighted by Crippen LogP contribution is 2.22. The molecule has 1 amide bonds. The highest BCUT2D eigenvalue weighted by molar-refractivity contribution is 5.84. The first-order chi connectivity index (χ1) is 5.43. The third-order valence-electron chi connectivity index (χ3n) is 1.85. The molecule has 0 aromatic carbocycles. The zero-order valence-corrected chi connectivity index (χ0v) is 7.74. The van der Waals surface area contributed by atoms with E-state index in [9.17, 15) is 4.79 Å². The van der Waals surface area contributed by atoms with Crippen molar-refractivity contribution in [1.82, 2.24) is 5.01 Å². The van der Waals surface area contributed by atoms with E-state index < -0.39 is 0 Å². The van der Waals surface area contributed by atoms with Crippen LogP contribution < -0.4 is 5.73 Å². The van der Waals surface area contributed by atoms with Crippen LogP contribution in [-0.4, -0.2) is 28.7 Å². The van der Waals surface area contributed by atoms with Gasteiger partial charge in [-0.1, -0.05) is 0 Å². The van der Waals surface area contributed by atoms with Gasteiger partial charge in [0, 0.05) is 12.6 Å². The van der Waals surface area contributed by atoms with Crippen molar-refractivity contribution in [3.8, 4) is 0 Å². The zero-order valence-electron chi connectivity index (χ0n) is 7.74. The molecule has 0 aliphatic carbocycles. The van der Waals surface area contributed by atoms with E-state index in [0.29, 0.717) is 6.42 Å². The second-order valence-corrected chi connectivity index (χ2v) is 3.97. The maximum Gasteiger partial charge on any atom is 0.242 e. The number of amides is 1. The summed E-state index contributed by atoms with van der Waals surface area (Å²) >= 11 is 0. The molecule has 4 nitrogen and oxygen atoms in total. The molecule has 0 saturated heterocycles. The van der Waals surface area contributed by atoms with Gasteiger partial charge in [-0.2, -0.15) is 5.10 Å². The van der Waals surface area contributed by atoms with Gasteiger partial charge in [0.15, 0.2) is 0 Å². The molecule has 12 heavy (non-hydrogen) atoms. The van der Waals surface area contributed by atoms with Gasteiger partial charge in [-0.15, -0.1) is 0 Å². The van der Waals surface area contributed by atoms with Crippen LogP contribution in [0.25, 0.3) is 0 Å². The van der Waals surface area contributed by atoms with Crippen molar-refractivity contribution in [3.05, 3.63) is 0 Å². The lowest BCUT2D eigenvalue weighted by Crippen LogP contribution is -2.48. The van der Waals surface area contributed by atoms with Crippen LogP contribution in [0.15, 0.2) is 5.10 Å². The van der Waals surface area contributed by atoms with Gasteiger partial charge in [0.2, 0.25) is 5.91 Å². The van der Waals surface area contributed by atoms with E-state index in [-0.39, 0.29) is 17.5 Å². The number of hydrogen-bond acceptors (Lipinski definition) is 3. The SMILES string of the molecule is CC(C)(C)N1N=CCC1C(N)=O. The van der Waals surface area contributed by atoms with Crippen LogP contribution in [0.1, 0.15) is 27.2 Å². The Morgan fingerprint density at radius 2 is 2.25 bits per heavy atom. The molecule has 4 heteroatoms. The number of nitrogens with two attached hydrogens (primary N) is 1. The molecular formula is C8H15N3O. The Kier molecular flexibility index (Phi) is 2.08. The molecular weight excluding hydrogens is 154 g/mol. The van der Waals surface area contributed by atoms with E-state index in [2.05, 4.69) is 5.10 Å². The second kappa shape index (κ2) is 2.77. The Morgan fingerprint density at radius 3 is 2.58 bits per heavy atom. The van der Waals surface area contributed by atoms with Crippen LogP contribution in [0.5, 0.6) is 0 Å². The number of hydrogen-bond donors (Lipinski definition) is 1. The number of carbonyl (C=O) groups excluding carboxylic acids is 1. The van der Waals surface area contributed by atoms with Crippen molar-refractivity contribution in [2.75, 3.05) is 0 Å². The van der Waals surface area contributed by atoms with Gasteiger partial charge in [0.25, 0.3) is 0 Å². The minimum absolute atomic E-state index is 0.132. The first kappa shape index (κ1) is 9.03. The van der Waals surface area contributed by atoms with E-state index in [1.165, 1.54) is 0 Å². The van der Waals surface area contributed by atoms with Crippen LogP contribution >= 0.6 is 0 Å². The monoisotopic (exact) mass is 169 g/mol. The molecule has 1 rings (SSSR count). The van der Waals surface area contributed by atoms with Crippen molar-refractivity contribution in [2.45, 2.75) is 38.8 Å². The summed E-state index contributed by atoms with van der Waals surface area (Å²) in [5, 5.41) is 5.88. The van der Waals surface area contributed by atoms with Crippen molar-refractivity contribution in [3.63, 3.8) is 0 Å². The Bertz CT molecular complexity index is 217. The standard InChI is InChI=1S/C8H15N3O/c1-8(2,3)11-6(7(9)12)4-5-10-11/h5-6H,4H2,1-3H3,(H2,9,12). The summed E-state index contributed by atoms with van der Waals surface area (Å²) in [6.07, 6.45) is 2.37. The fourth-order valence-electron chi connectivity index (χ4n) is 1.29. The van der Waals surface area contributed by atoms with Crippen LogP contribution in [0, 0.1) is 0 Å². The zero-order chi connectivity index (χ0) is 9.35. The summed E-state index contributed by atoms with van der Waals surface area (Å²) in [7, 11) is 0. The molecule has 0 saturated carbocycles. The minimum Gasteiger partial charge on any atom is -0.368 e. The van der Waals surface area contributed by atoms with Gasteiger partial charge in [0.05, 0.1) is 5.54 Å². The minimum atomic E-state index is -0.303. The highest BCUT2D eigenvalue weighted by Gasteiger charge is 2.33. The van der Waals surface area contributed by atoms with E-state index >= 15 is 0 Å². The topological polar surface area (TPSA) is 58.7 Å². The Labute approximate surface area is 72.4 Å². The van der Waals surface area contributed by atoms with E-state index in [1.807, 2.05) is 20.8 Å². The lowest BCUT2D eigenvalue weighted by atomic mass is 10.1. The molecule has 0 radical (unpaired) electrons. The molecule has 2 N–H and O–H groups in total. The second-order valence-electron chi connectivity index (χ2n) is 3.97. The van der Waals surface area contributed by atoms with Crippen LogP contribution in [0.2, 0.25) is 0 Å². The molecule has 0 spiro atoms. The number of rotatable bonds is 1. The predicted molar refractivity (Wildman–Crippen MR) is 47.7 cm³/mol. The highest BCUT2D eigenvalue weighted by atomic mass is 16.1. The first-order valence-corrected chi connectivity index (χ1v) is 4.04. The average molecular weight is 169 g/mol. The Morgan fingerprint density at radius 1 is 1.67 bits per heavy atom. The summed E-state index contributed by atoms with van der Waals surface area (Å²) in [5.41, 5.74) is 5.09. The molecule has 68 valence electrons. The lowest BCUT2D eigenvalue weighted by Gasteiger charge is -2.34. The Hall–Kier alpha value is -1.06.